The molecule has 1 amide bonds. The standard InChI is InChI=1S/C15H20N4OS2/c1-12(13-3-2-9-21-13)17-14(20)11-18-5-7-19(8-6-18)15-16-4-10-22-15/h2-4,9-10,12H,5-8,11H2,1H3,(H,17,20)/t12-/m1/s1. The molecule has 1 aliphatic heterocycles. The number of anilines is 1. The third kappa shape index (κ3) is 3.85. The summed E-state index contributed by atoms with van der Waals surface area (Å²) >= 11 is 3.35. The summed E-state index contributed by atoms with van der Waals surface area (Å²) in [6.45, 7) is 6.18. The van der Waals surface area contributed by atoms with E-state index in [1.54, 1.807) is 22.7 Å². The van der Waals surface area contributed by atoms with Gasteiger partial charge in [-0.3, -0.25) is 9.69 Å². The number of aromatic nitrogens is 1. The van der Waals surface area contributed by atoms with E-state index in [2.05, 4.69) is 26.2 Å². The SMILES string of the molecule is C[C@@H](NC(=O)CN1CCN(c2nccs2)CC1)c1cccs1. The van der Waals surface area contributed by atoms with Gasteiger partial charge in [0.2, 0.25) is 5.91 Å². The van der Waals surface area contributed by atoms with Crippen LogP contribution in [0.4, 0.5) is 5.13 Å². The van der Waals surface area contributed by atoms with Crippen LogP contribution < -0.4 is 10.2 Å². The van der Waals surface area contributed by atoms with Crippen molar-refractivity contribution in [2.75, 3.05) is 37.6 Å². The number of hydrogen-bond acceptors (Lipinski definition) is 6. The van der Waals surface area contributed by atoms with Gasteiger partial charge in [-0.2, -0.15) is 0 Å². The van der Waals surface area contributed by atoms with E-state index in [1.807, 2.05) is 29.9 Å². The second kappa shape index (κ2) is 7.21. The van der Waals surface area contributed by atoms with Crippen molar-refractivity contribution in [3.63, 3.8) is 0 Å². The summed E-state index contributed by atoms with van der Waals surface area (Å²) in [4.78, 5) is 22.2. The van der Waals surface area contributed by atoms with Gasteiger partial charge in [0, 0.05) is 42.6 Å². The summed E-state index contributed by atoms with van der Waals surface area (Å²) in [5, 5.41) is 8.19. The number of nitrogens with zero attached hydrogens (tertiary/aromatic N) is 3. The molecular weight excluding hydrogens is 316 g/mol. The van der Waals surface area contributed by atoms with Crippen molar-refractivity contribution in [1.29, 1.82) is 0 Å². The van der Waals surface area contributed by atoms with Gasteiger partial charge in [0.15, 0.2) is 5.13 Å². The third-order valence-corrected chi connectivity index (χ3v) is 5.66. The Kier molecular flexibility index (Phi) is 5.07. The molecule has 0 aliphatic carbocycles. The van der Waals surface area contributed by atoms with Crippen LogP contribution in [-0.2, 0) is 4.79 Å². The molecule has 3 heterocycles. The molecule has 0 bridgehead atoms. The zero-order valence-electron chi connectivity index (χ0n) is 12.6. The Morgan fingerprint density at radius 1 is 1.32 bits per heavy atom. The molecule has 0 radical (unpaired) electrons. The van der Waals surface area contributed by atoms with Gasteiger partial charge in [-0.25, -0.2) is 4.98 Å². The monoisotopic (exact) mass is 336 g/mol. The minimum Gasteiger partial charge on any atom is -0.348 e. The summed E-state index contributed by atoms with van der Waals surface area (Å²) in [7, 11) is 0. The fourth-order valence-corrected chi connectivity index (χ4v) is 4.00. The highest BCUT2D eigenvalue weighted by Gasteiger charge is 2.21. The van der Waals surface area contributed by atoms with Crippen molar-refractivity contribution in [3.05, 3.63) is 34.0 Å². The van der Waals surface area contributed by atoms with Crippen LogP contribution in [0.15, 0.2) is 29.1 Å². The van der Waals surface area contributed by atoms with Gasteiger partial charge in [-0.1, -0.05) is 6.07 Å². The number of nitrogens with one attached hydrogen (secondary N) is 1. The first-order valence-corrected chi connectivity index (χ1v) is 9.18. The first-order chi connectivity index (χ1) is 10.7. The maximum absolute atomic E-state index is 12.2. The Balaban J connectivity index is 1.43. The lowest BCUT2D eigenvalue weighted by molar-refractivity contribution is -0.122. The van der Waals surface area contributed by atoms with E-state index in [-0.39, 0.29) is 11.9 Å². The van der Waals surface area contributed by atoms with E-state index in [0.29, 0.717) is 6.54 Å². The molecule has 2 aromatic rings. The van der Waals surface area contributed by atoms with E-state index in [4.69, 9.17) is 0 Å². The number of piperazine rings is 1. The van der Waals surface area contributed by atoms with Gasteiger partial charge in [-0.15, -0.1) is 22.7 Å². The van der Waals surface area contributed by atoms with Crippen molar-refractivity contribution < 1.29 is 4.79 Å². The van der Waals surface area contributed by atoms with Crippen LogP contribution in [0.1, 0.15) is 17.8 Å². The molecule has 3 rings (SSSR count). The lowest BCUT2D eigenvalue weighted by atomic mass is 10.2. The van der Waals surface area contributed by atoms with Gasteiger partial charge in [0.05, 0.1) is 12.6 Å². The number of carbonyl (C=O) groups is 1. The van der Waals surface area contributed by atoms with Crippen LogP contribution >= 0.6 is 22.7 Å². The smallest absolute Gasteiger partial charge is 0.234 e. The predicted molar refractivity (Wildman–Crippen MR) is 91.6 cm³/mol. The molecular formula is C15H20N4OS2. The molecule has 0 unspecified atom stereocenters. The summed E-state index contributed by atoms with van der Waals surface area (Å²) in [6, 6.07) is 4.16. The fraction of sp³-hybridized carbons (Fsp3) is 0.467. The van der Waals surface area contributed by atoms with Gasteiger partial charge in [0.25, 0.3) is 0 Å². The van der Waals surface area contributed by atoms with Crippen LogP contribution in [-0.4, -0.2) is 48.5 Å². The minimum atomic E-state index is 0.0871. The first-order valence-electron chi connectivity index (χ1n) is 7.42. The summed E-state index contributed by atoms with van der Waals surface area (Å²) in [5.41, 5.74) is 0. The van der Waals surface area contributed by atoms with Crippen molar-refractivity contribution in [2.24, 2.45) is 0 Å². The molecule has 1 fully saturated rings. The highest BCUT2D eigenvalue weighted by atomic mass is 32.1. The zero-order chi connectivity index (χ0) is 15.4. The molecule has 2 aromatic heterocycles. The molecule has 118 valence electrons. The molecule has 0 spiro atoms. The van der Waals surface area contributed by atoms with Crippen LogP contribution in [0, 0.1) is 0 Å². The molecule has 22 heavy (non-hydrogen) atoms. The molecule has 0 saturated carbocycles. The van der Waals surface area contributed by atoms with E-state index in [9.17, 15) is 4.79 Å². The van der Waals surface area contributed by atoms with Gasteiger partial charge in [-0.05, 0) is 18.4 Å². The Morgan fingerprint density at radius 3 is 2.77 bits per heavy atom. The lowest BCUT2D eigenvalue weighted by Crippen LogP contribution is -2.49. The largest absolute Gasteiger partial charge is 0.348 e. The number of amides is 1. The van der Waals surface area contributed by atoms with E-state index >= 15 is 0 Å². The lowest BCUT2D eigenvalue weighted by Gasteiger charge is -2.34. The van der Waals surface area contributed by atoms with Crippen molar-refractivity contribution in [2.45, 2.75) is 13.0 Å². The summed E-state index contributed by atoms with van der Waals surface area (Å²) in [6.07, 6.45) is 1.84. The number of rotatable bonds is 5. The highest BCUT2D eigenvalue weighted by Crippen LogP contribution is 2.19. The number of carbonyl (C=O) groups excluding carboxylic acids is 1. The molecule has 1 N–H and O–H groups in total. The molecule has 7 heteroatoms. The van der Waals surface area contributed by atoms with Gasteiger partial charge in [0.1, 0.15) is 0 Å². The van der Waals surface area contributed by atoms with Gasteiger partial charge >= 0.3 is 0 Å². The van der Waals surface area contributed by atoms with Crippen LogP contribution in [0.5, 0.6) is 0 Å². The quantitative estimate of drug-likeness (QED) is 0.909. The maximum Gasteiger partial charge on any atom is 0.234 e. The van der Waals surface area contributed by atoms with E-state index < -0.39 is 0 Å². The average molecular weight is 336 g/mol. The summed E-state index contributed by atoms with van der Waals surface area (Å²) < 4.78 is 0. The predicted octanol–water partition coefficient (Wildman–Crippen LogP) is 2.20. The van der Waals surface area contributed by atoms with Crippen LogP contribution in [0.25, 0.3) is 0 Å². The molecule has 1 atom stereocenters. The minimum absolute atomic E-state index is 0.0871. The number of thiazole rings is 1. The molecule has 0 aromatic carbocycles. The second-order valence-electron chi connectivity index (χ2n) is 5.38. The maximum atomic E-state index is 12.2. The van der Waals surface area contributed by atoms with E-state index in [0.717, 1.165) is 31.3 Å². The fourth-order valence-electron chi connectivity index (χ4n) is 2.57. The van der Waals surface area contributed by atoms with Crippen LogP contribution in [0.3, 0.4) is 0 Å². The van der Waals surface area contributed by atoms with Crippen molar-refractivity contribution in [1.82, 2.24) is 15.2 Å². The zero-order valence-corrected chi connectivity index (χ0v) is 14.2. The Labute approximate surface area is 138 Å². The Morgan fingerprint density at radius 2 is 2.14 bits per heavy atom. The molecule has 1 aliphatic rings. The van der Waals surface area contributed by atoms with Crippen molar-refractivity contribution in [3.8, 4) is 0 Å². The first kappa shape index (κ1) is 15.5. The topological polar surface area (TPSA) is 48.5 Å². The Bertz CT molecular complexity index is 577. The second-order valence-corrected chi connectivity index (χ2v) is 7.23. The third-order valence-electron chi connectivity index (χ3n) is 3.78. The van der Waals surface area contributed by atoms with E-state index in [1.165, 1.54) is 4.88 Å². The number of hydrogen-bond donors (Lipinski definition) is 1. The molecule has 1 saturated heterocycles. The van der Waals surface area contributed by atoms with Crippen LogP contribution in [0.2, 0.25) is 0 Å². The van der Waals surface area contributed by atoms with Crippen molar-refractivity contribution >= 4 is 33.7 Å². The highest BCUT2D eigenvalue weighted by molar-refractivity contribution is 7.13. The summed E-state index contributed by atoms with van der Waals surface area (Å²) in [5.74, 6) is 0.101. The number of thiophene rings is 1. The Hall–Kier alpha value is -1.44. The molecule has 5 nitrogen and oxygen atoms in total. The van der Waals surface area contributed by atoms with Gasteiger partial charge < -0.3 is 10.2 Å². The normalized spacial score (nSPS) is 17.4. The average Bonchev–Trinajstić information content (AvgIpc) is 3.21.